The van der Waals surface area contributed by atoms with Gasteiger partial charge in [0, 0.05) is 0 Å². The van der Waals surface area contributed by atoms with Crippen molar-refractivity contribution in [1.82, 2.24) is 0 Å². The van der Waals surface area contributed by atoms with Crippen LogP contribution in [0, 0.1) is 11.8 Å². The Morgan fingerprint density at radius 2 is 2.09 bits per heavy atom. The van der Waals surface area contributed by atoms with Crippen LogP contribution in [0.15, 0.2) is 4.99 Å². The first-order valence-corrected chi connectivity index (χ1v) is 4.32. The fourth-order valence-electron chi connectivity index (χ4n) is 1.64. The zero-order valence-corrected chi connectivity index (χ0v) is 7.21. The van der Waals surface area contributed by atoms with Gasteiger partial charge in [-0.25, -0.2) is 9.79 Å². The lowest BCUT2D eigenvalue weighted by Crippen LogP contribution is -2.29. The monoisotopic (exact) mass is 153 g/mol. The highest BCUT2D eigenvalue weighted by Crippen LogP contribution is 2.34. The SMILES string of the molecule is CC(C)C(N=C=O)C1CCC1. The summed E-state index contributed by atoms with van der Waals surface area (Å²) < 4.78 is 0. The van der Waals surface area contributed by atoms with Crippen molar-refractivity contribution in [1.29, 1.82) is 0 Å². The molecule has 11 heavy (non-hydrogen) atoms. The minimum absolute atomic E-state index is 0.237. The number of rotatable bonds is 3. The Hall–Kier alpha value is -0.620. The minimum Gasteiger partial charge on any atom is -0.211 e. The maximum absolute atomic E-state index is 10.1. The normalized spacial score (nSPS) is 20.6. The van der Waals surface area contributed by atoms with E-state index in [1.165, 1.54) is 19.3 Å². The maximum atomic E-state index is 10.1. The Morgan fingerprint density at radius 1 is 1.45 bits per heavy atom. The second-order valence-corrected chi connectivity index (χ2v) is 3.65. The molecule has 62 valence electrons. The highest BCUT2D eigenvalue weighted by molar-refractivity contribution is 5.33. The summed E-state index contributed by atoms with van der Waals surface area (Å²) >= 11 is 0. The van der Waals surface area contributed by atoms with Crippen LogP contribution in [-0.4, -0.2) is 12.1 Å². The molecule has 1 unspecified atom stereocenters. The molecule has 0 aliphatic heterocycles. The molecule has 0 aromatic rings. The molecule has 0 aromatic carbocycles. The van der Waals surface area contributed by atoms with E-state index in [4.69, 9.17) is 0 Å². The molecule has 0 bridgehead atoms. The Morgan fingerprint density at radius 3 is 2.36 bits per heavy atom. The van der Waals surface area contributed by atoms with Crippen molar-refractivity contribution >= 4 is 6.08 Å². The number of nitrogens with zero attached hydrogens (tertiary/aromatic N) is 1. The smallest absolute Gasteiger partial charge is 0.211 e. The van der Waals surface area contributed by atoms with Crippen molar-refractivity contribution in [2.45, 2.75) is 39.2 Å². The van der Waals surface area contributed by atoms with Crippen molar-refractivity contribution in [2.24, 2.45) is 16.8 Å². The first-order chi connectivity index (χ1) is 5.25. The van der Waals surface area contributed by atoms with E-state index in [1.54, 1.807) is 6.08 Å². The van der Waals surface area contributed by atoms with Crippen molar-refractivity contribution < 1.29 is 4.79 Å². The lowest BCUT2D eigenvalue weighted by molar-refractivity contribution is 0.224. The third-order valence-corrected chi connectivity index (χ3v) is 2.52. The van der Waals surface area contributed by atoms with Gasteiger partial charge in [-0.2, -0.15) is 0 Å². The zero-order valence-electron chi connectivity index (χ0n) is 7.21. The fraction of sp³-hybridized carbons (Fsp3) is 0.889. The van der Waals surface area contributed by atoms with Crippen LogP contribution >= 0.6 is 0 Å². The Kier molecular flexibility index (Phi) is 2.84. The molecule has 1 atom stereocenters. The summed E-state index contributed by atoms with van der Waals surface area (Å²) in [6.07, 6.45) is 5.47. The van der Waals surface area contributed by atoms with Gasteiger partial charge < -0.3 is 0 Å². The molecule has 0 heterocycles. The van der Waals surface area contributed by atoms with Gasteiger partial charge in [0.2, 0.25) is 6.08 Å². The van der Waals surface area contributed by atoms with E-state index in [1.807, 2.05) is 0 Å². The number of hydrogen-bond donors (Lipinski definition) is 0. The molecule has 0 N–H and O–H groups in total. The number of hydrogen-bond acceptors (Lipinski definition) is 2. The van der Waals surface area contributed by atoms with Gasteiger partial charge in [-0.3, -0.25) is 0 Å². The van der Waals surface area contributed by atoms with E-state index < -0.39 is 0 Å². The summed E-state index contributed by atoms with van der Waals surface area (Å²) in [5, 5.41) is 0. The molecule has 0 saturated heterocycles. The van der Waals surface area contributed by atoms with Crippen LogP contribution in [0.1, 0.15) is 33.1 Å². The van der Waals surface area contributed by atoms with Crippen molar-refractivity contribution in [2.75, 3.05) is 0 Å². The third-order valence-electron chi connectivity index (χ3n) is 2.52. The molecule has 0 spiro atoms. The van der Waals surface area contributed by atoms with Gasteiger partial charge in [-0.05, 0) is 24.7 Å². The van der Waals surface area contributed by atoms with Crippen LogP contribution in [-0.2, 0) is 4.79 Å². The average Bonchev–Trinajstić information content (AvgIpc) is 1.82. The van der Waals surface area contributed by atoms with E-state index in [-0.39, 0.29) is 6.04 Å². The van der Waals surface area contributed by atoms with Crippen molar-refractivity contribution in [3.63, 3.8) is 0 Å². The molecular weight excluding hydrogens is 138 g/mol. The van der Waals surface area contributed by atoms with E-state index in [0.29, 0.717) is 11.8 Å². The molecule has 1 aliphatic rings. The molecule has 0 radical (unpaired) electrons. The molecule has 1 rings (SSSR count). The van der Waals surface area contributed by atoms with Crippen LogP contribution < -0.4 is 0 Å². The lowest BCUT2D eigenvalue weighted by atomic mass is 9.76. The van der Waals surface area contributed by atoms with Crippen LogP contribution in [0.5, 0.6) is 0 Å². The number of isocyanates is 1. The van der Waals surface area contributed by atoms with Crippen LogP contribution in [0.4, 0.5) is 0 Å². The van der Waals surface area contributed by atoms with Gasteiger partial charge in [0.1, 0.15) is 0 Å². The predicted octanol–water partition coefficient (Wildman–Crippen LogP) is 2.15. The Bertz CT molecular complexity index is 166. The first-order valence-electron chi connectivity index (χ1n) is 4.32. The second kappa shape index (κ2) is 3.68. The highest BCUT2D eigenvalue weighted by Gasteiger charge is 2.28. The van der Waals surface area contributed by atoms with Crippen LogP contribution in [0.2, 0.25) is 0 Å². The Balaban J connectivity index is 2.50. The lowest BCUT2D eigenvalue weighted by Gasteiger charge is -2.32. The van der Waals surface area contributed by atoms with Gasteiger partial charge in [-0.15, -0.1) is 0 Å². The fourth-order valence-corrected chi connectivity index (χ4v) is 1.64. The summed E-state index contributed by atoms with van der Waals surface area (Å²) in [4.78, 5) is 13.9. The summed E-state index contributed by atoms with van der Waals surface area (Å²) in [5.41, 5.74) is 0. The quantitative estimate of drug-likeness (QED) is 0.451. The van der Waals surface area contributed by atoms with Crippen molar-refractivity contribution in [3.8, 4) is 0 Å². The highest BCUT2D eigenvalue weighted by atomic mass is 16.1. The molecule has 1 saturated carbocycles. The zero-order chi connectivity index (χ0) is 8.27. The third kappa shape index (κ3) is 1.90. The molecule has 0 aromatic heterocycles. The van der Waals surface area contributed by atoms with E-state index >= 15 is 0 Å². The van der Waals surface area contributed by atoms with Gasteiger partial charge in [-0.1, -0.05) is 20.3 Å². The van der Waals surface area contributed by atoms with Gasteiger partial charge in [0.05, 0.1) is 6.04 Å². The summed E-state index contributed by atoms with van der Waals surface area (Å²) in [7, 11) is 0. The molecule has 2 heteroatoms. The summed E-state index contributed by atoms with van der Waals surface area (Å²) in [6.45, 7) is 4.23. The number of aliphatic imine (C=N–C) groups is 1. The van der Waals surface area contributed by atoms with E-state index in [0.717, 1.165) is 0 Å². The van der Waals surface area contributed by atoms with Crippen LogP contribution in [0.3, 0.4) is 0 Å². The van der Waals surface area contributed by atoms with Gasteiger partial charge >= 0.3 is 0 Å². The molecule has 0 amide bonds. The topological polar surface area (TPSA) is 29.4 Å². The molecule has 1 fully saturated rings. The van der Waals surface area contributed by atoms with Gasteiger partial charge in [0.25, 0.3) is 0 Å². The summed E-state index contributed by atoms with van der Waals surface area (Å²) in [5.74, 6) is 1.15. The average molecular weight is 153 g/mol. The van der Waals surface area contributed by atoms with E-state index in [2.05, 4.69) is 18.8 Å². The van der Waals surface area contributed by atoms with Crippen molar-refractivity contribution in [3.05, 3.63) is 0 Å². The molecular formula is C9H15NO. The number of carbonyl (C=O) groups excluding carboxylic acids is 1. The Labute approximate surface area is 67.7 Å². The molecule has 2 nitrogen and oxygen atoms in total. The minimum atomic E-state index is 0.237. The summed E-state index contributed by atoms with van der Waals surface area (Å²) in [6, 6.07) is 0.237. The second-order valence-electron chi connectivity index (χ2n) is 3.65. The maximum Gasteiger partial charge on any atom is 0.235 e. The largest absolute Gasteiger partial charge is 0.235 e. The first kappa shape index (κ1) is 8.48. The van der Waals surface area contributed by atoms with E-state index in [9.17, 15) is 4.79 Å². The van der Waals surface area contributed by atoms with Gasteiger partial charge in [0.15, 0.2) is 0 Å². The standard InChI is InChI=1S/C9H15NO/c1-7(2)9(10-6-11)8-4-3-5-8/h7-9H,3-5H2,1-2H3. The predicted molar refractivity (Wildman–Crippen MR) is 44.1 cm³/mol. The molecule has 1 aliphatic carbocycles. The van der Waals surface area contributed by atoms with Crippen LogP contribution in [0.25, 0.3) is 0 Å².